The molecule has 26 heavy (non-hydrogen) atoms. The number of nitrogens with one attached hydrogen (secondary N) is 1. The average molecular weight is 418 g/mol. The van der Waals surface area contributed by atoms with E-state index in [0.29, 0.717) is 21.6 Å². The van der Waals surface area contributed by atoms with Crippen LogP contribution in [0.1, 0.15) is 11.1 Å². The van der Waals surface area contributed by atoms with Crippen LogP contribution in [-0.2, 0) is 11.3 Å². The number of aryl methyl sites for hydroxylation is 1. The predicted octanol–water partition coefficient (Wildman–Crippen LogP) is 4.16. The Labute approximate surface area is 158 Å². The molecule has 7 heteroatoms. The number of halogens is 2. The van der Waals surface area contributed by atoms with Gasteiger partial charge in [-0.3, -0.25) is 9.48 Å². The summed E-state index contributed by atoms with van der Waals surface area (Å²) >= 11 is 3.35. The molecule has 0 saturated heterocycles. The van der Waals surface area contributed by atoms with Crippen LogP contribution >= 0.6 is 15.9 Å². The standard InChI is InChI=1S/C19H17BrFN3O2/c1-13-6-2-5-9-17(13)26-12-18(25)22-19-15(20)11-24(23-19)10-14-7-3-4-8-16(14)21/h2-9,11H,10,12H2,1H3,(H,22,23,25). The minimum absolute atomic E-state index is 0.128. The fourth-order valence-electron chi connectivity index (χ4n) is 2.39. The first-order valence-electron chi connectivity index (χ1n) is 7.97. The summed E-state index contributed by atoms with van der Waals surface area (Å²) in [7, 11) is 0. The number of hydrogen-bond donors (Lipinski definition) is 1. The summed E-state index contributed by atoms with van der Waals surface area (Å²) in [5, 5.41) is 6.96. The molecule has 2 aromatic carbocycles. The molecule has 3 aromatic rings. The Morgan fingerprint density at radius 2 is 1.96 bits per heavy atom. The summed E-state index contributed by atoms with van der Waals surface area (Å²) in [5.74, 6) is 0.396. The summed E-state index contributed by atoms with van der Waals surface area (Å²) in [6.07, 6.45) is 1.68. The van der Waals surface area contributed by atoms with Gasteiger partial charge in [0.15, 0.2) is 12.4 Å². The Balaban J connectivity index is 1.61. The fourth-order valence-corrected chi connectivity index (χ4v) is 2.81. The number of anilines is 1. The second-order valence-electron chi connectivity index (χ2n) is 5.72. The largest absolute Gasteiger partial charge is 0.483 e. The van der Waals surface area contributed by atoms with Crippen LogP contribution in [0.2, 0.25) is 0 Å². The first-order chi connectivity index (χ1) is 12.5. The van der Waals surface area contributed by atoms with Crippen LogP contribution < -0.4 is 10.1 Å². The van der Waals surface area contributed by atoms with Crippen LogP contribution in [0.5, 0.6) is 5.75 Å². The highest BCUT2D eigenvalue weighted by Gasteiger charge is 2.12. The van der Waals surface area contributed by atoms with Crippen molar-refractivity contribution in [2.45, 2.75) is 13.5 Å². The molecule has 0 fully saturated rings. The van der Waals surface area contributed by atoms with E-state index in [0.717, 1.165) is 5.56 Å². The number of rotatable bonds is 6. The summed E-state index contributed by atoms with van der Waals surface area (Å²) in [6, 6.07) is 14.0. The number of carbonyl (C=O) groups is 1. The van der Waals surface area contributed by atoms with E-state index >= 15 is 0 Å². The van der Waals surface area contributed by atoms with Crippen molar-refractivity contribution < 1.29 is 13.9 Å². The minimum Gasteiger partial charge on any atom is -0.483 e. The number of ether oxygens (including phenoxy) is 1. The topological polar surface area (TPSA) is 56.1 Å². The molecular weight excluding hydrogens is 401 g/mol. The Hall–Kier alpha value is -2.67. The van der Waals surface area contributed by atoms with Crippen LogP contribution in [0.4, 0.5) is 10.2 Å². The Kier molecular flexibility index (Phi) is 5.68. The van der Waals surface area contributed by atoms with E-state index in [1.54, 1.807) is 29.1 Å². The van der Waals surface area contributed by atoms with E-state index in [4.69, 9.17) is 4.74 Å². The number of para-hydroxylation sites is 1. The maximum atomic E-state index is 13.7. The van der Waals surface area contributed by atoms with E-state index in [1.807, 2.05) is 31.2 Å². The lowest BCUT2D eigenvalue weighted by atomic mass is 10.2. The molecule has 3 rings (SSSR count). The fraction of sp³-hybridized carbons (Fsp3) is 0.158. The highest BCUT2D eigenvalue weighted by Crippen LogP contribution is 2.21. The third kappa shape index (κ3) is 4.49. The zero-order valence-corrected chi connectivity index (χ0v) is 15.7. The molecule has 0 aliphatic rings. The summed E-state index contributed by atoms with van der Waals surface area (Å²) in [4.78, 5) is 12.1. The van der Waals surface area contributed by atoms with Crippen LogP contribution in [0.15, 0.2) is 59.2 Å². The molecule has 1 amide bonds. The number of nitrogens with zero attached hydrogens (tertiary/aromatic N) is 2. The molecule has 1 aromatic heterocycles. The van der Waals surface area contributed by atoms with Gasteiger partial charge in [-0.05, 0) is 40.5 Å². The van der Waals surface area contributed by atoms with E-state index in [1.165, 1.54) is 6.07 Å². The Bertz CT molecular complexity index is 927. The monoisotopic (exact) mass is 417 g/mol. The molecule has 1 N–H and O–H groups in total. The van der Waals surface area contributed by atoms with Gasteiger partial charge in [0.05, 0.1) is 11.0 Å². The second kappa shape index (κ2) is 8.14. The van der Waals surface area contributed by atoms with Crippen LogP contribution in [0, 0.1) is 12.7 Å². The highest BCUT2D eigenvalue weighted by atomic mass is 79.9. The van der Waals surface area contributed by atoms with Gasteiger partial charge >= 0.3 is 0 Å². The molecule has 1 heterocycles. The van der Waals surface area contributed by atoms with E-state index in [2.05, 4.69) is 26.3 Å². The van der Waals surface area contributed by atoms with Gasteiger partial charge in [-0.2, -0.15) is 5.10 Å². The van der Waals surface area contributed by atoms with Crippen LogP contribution in [-0.4, -0.2) is 22.3 Å². The third-order valence-corrected chi connectivity index (χ3v) is 4.30. The molecule has 0 aliphatic carbocycles. The van der Waals surface area contributed by atoms with E-state index < -0.39 is 0 Å². The van der Waals surface area contributed by atoms with Gasteiger partial charge in [0, 0.05) is 11.8 Å². The molecule has 0 radical (unpaired) electrons. The van der Waals surface area contributed by atoms with Crippen molar-refractivity contribution in [3.63, 3.8) is 0 Å². The lowest BCUT2D eigenvalue weighted by Gasteiger charge is -2.08. The van der Waals surface area contributed by atoms with E-state index in [9.17, 15) is 9.18 Å². The number of aromatic nitrogens is 2. The minimum atomic E-state index is -0.329. The van der Waals surface area contributed by atoms with Gasteiger partial charge in [-0.1, -0.05) is 36.4 Å². The summed E-state index contributed by atoms with van der Waals surface area (Å²) in [6.45, 7) is 2.05. The molecule has 0 bridgehead atoms. The van der Waals surface area contributed by atoms with Crippen molar-refractivity contribution in [2.24, 2.45) is 0 Å². The number of carbonyl (C=O) groups excluding carboxylic acids is 1. The number of amides is 1. The molecule has 0 spiro atoms. The third-order valence-electron chi connectivity index (χ3n) is 3.72. The highest BCUT2D eigenvalue weighted by molar-refractivity contribution is 9.10. The number of benzene rings is 2. The van der Waals surface area contributed by atoms with Gasteiger partial charge in [0.25, 0.3) is 5.91 Å². The SMILES string of the molecule is Cc1ccccc1OCC(=O)Nc1nn(Cc2ccccc2F)cc1Br. The van der Waals surface area contributed by atoms with Crippen LogP contribution in [0.3, 0.4) is 0 Å². The van der Waals surface area contributed by atoms with Crippen molar-refractivity contribution >= 4 is 27.7 Å². The first-order valence-corrected chi connectivity index (χ1v) is 8.77. The van der Waals surface area contributed by atoms with Crippen molar-refractivity contribution in [3.8, 4) is 5.75 Å². The molecule has 0 unspecified atom stereocenters. The molecule has 0 atom stereocenters. The predicted molar refractivity (Wildman–Crippen MR) is 101 cm³/mol. The van der Waals surface area contributed by atoms with Crippen molar-refractivity contribution in [2.75, 3.05) is 11.9 Å². The zero-order chi connectivity index (χ0) is 18.5. The maximum absolute atomic E-state index is 13.7. The van der Waals surface area contributed by atoms with Crippen molar-refractivity contribution in [1.82, 2.24) is 9.78 Å². The summed E-state index contributed by atoms with van der Waals surface area (Å²) in [5.41, 5.74) is 1.47. The Morgan fingerprint density at radius 3 is 2.73 bits per heavy atom. The van der Waals surface area contributed by atoms with Crippen molar-refractivity contribution in [1.29, 1.82) is 0 Å². The molecule has 0 saturated carbocycles. The molecule has 134 valence electrons. The van der Waals surface area contributed by atoms with E-state index in [-0.39, 0.29) is 24.9 Å². The maximum Gasteiger partial charge on any atom is 0.263 e. The van der Waals surface area contributed by atoms with Gasteiger partial charge in [-0.25, -0.2) is 4.39 Å². The summed E-state index contributed by atoms with van der Waals surface area (Å²) < 4.78 is 21.4. The van der Waals surface area contributed by atoms with Gasteiger partial charge < -0.3 is 10.1 Å². The zero-order valence-electron chi connectivity index (χ0n) is 14.1. The lowest BCUT2D eigenvalue weighted by Crippen LogP contribution is -2.21. The molecule has 5 nitrogen and oxygen atoms in total. The smallest absolute Gasteiger partial charge is 0.263 e. The first kappa shape index (κ1) is 18.1. The Morgan fingerprint density at radius 1 is 1.23 bits per heavy atom. The lowest BCUT2D eigenvalue weighted by molar-refractivity contribution is -0.118. The molecular formula is C19H17BrFN3O2. The number of hydrogen-bond acceptors (Lipinski definition) is 3. The average Bonchev–Trinajstić information content (AvgIpc) is 2.95. The van der Waals surface area contributed by atoms with Crippen LogP contribution in [0.25, 0.3) is 0 Å². The quantitative estimate of drug-likeness (QED) is 0.654. The molecule has 0 aliphatic heterocycles. The van der Waals surface area contributed by atoms with Gasteiger partial charge in [0.1, 0.15) is 11.6 Å². The van der Waals surface area contributed by atoms with Gasteiger partial charge in [-0.15, -0.1) is 0 Å². The normalized spacial score (nSPS) is 10.6. The van der Waals surface area contributed by atoms with Crippen molar-refractivity contribution in [3.05, 3.63) is 76.1 Å². The van der Waals surface area contributed by atoms with Gasteiger partial charge in [0.2, 0.25) is 0 Å². The second-order valence-corrected chi connectivity index (χ2v) is 6.57.